The summed E-state index contributed by atoms with van der Waals surface area (Å²) < 4.78 is 4.58. The van der Waals surface area contributed by atoms with Gasteiger partial charge in [-0.15, -0.1) is 11.6 Å². The summed E-state index contributed by atoms with van der Waals surface area (Å²) in [4.78, 5) is 10.8. The minimum Gasteiger partial charge on any atom is -0.459 e. The normalized spacial score (nSPS) is 11.8. The van der Waals surface area contributed by atoms with E-state index in [2.05, 4.69) is 23.5 Å². The van der Waals surface area contributed by atoms with E-state index in [0.717, 1.165) is 5.37 Å². The fraction of sp³-hybridized carbons (Fsp3) is 0.429. The Morgan fingerprint density at radius 2 is 2.42 bits per heavy atom. The maximum absolute atomic E-state index is 10.8. The zero-order valence-electron chi connectivity index (χ0n) is 6.33. The van der Waals surface area contributed by atoms with E-state index in [0.29, 0.717) is 0 Å². The predicted octanol–water partition coefficient (Wildman–Crippen LogP) is 0.685. The average molecular weight is 209 g/mol. The lowest BCUT2D eigenvalue weighted by Crippen LogP contribution is -2.20. The van der Waals surface area contributed by atoms with Gasteiger partial charge in [0.15, 0.2) is 0 Å². The molecule has 0 amide bonds. The third-order valence-electron chi connectivity index (χ3n) is 0.989. The second-order valence-electron chi connectivity index (χ2n) is 2.05. The van der Waals surface area contributed by atoms with Crippen molar-refractivity contribution in [1.29, 1.82) is 0 Å². The number of thiocarbonyl (C=S) groups is 1. The molecule has 0 aromatic heterocycles. The van der Waals surface area contributed by atoms with Crippen molar-refractivity contribution < 1.29 is 14.6 Å². The van der Waals surface area contributed by atoms with Crippen LogP contribution in [0.25, 0.3) is 0 Å². The number of hydrogen-bond acceptors (Lipinski definition) is 4. The number of ether oxygens (including phenoxy) is 1. The second-order valence-corrected chi connectivity index (χ2v) is 2.59. The van der Waals surface area contributed by atoms with Crippen LogP contribution in [0.3, 0.4) is 0 Å². The van der Waals surface area contributed by atoms with Gasteiger partial charge in [-0.1, -0.05) is 18.8 Å². The van der Waals surface area contributed by atoms with Crippen LogP contribution in [0.1, 0.15) is 0 Å². The highest BCUT2D eigenvalue weighted by molar-refractivity contribution is 7.79. The summed E-state index contributed by atoms with van der Waals surface area (Å²) >= 11 is 9.70. The highest BCUT2D eigenvalue weighted by Crippen LogP contribution is 1.94. The van der Waals surface area contributed by atoms with Crippen LogP contribution >= 0.6 is 23.8 Å². The number of hydrogen-bond donors (Lipinski definition) is 1. The first-order valence-corrected chi connectivity index (χ1v) is 4.17. The molecule has 0 rings (SSSR count). The van der Waals surface area contributed by atoms with Gasteiger partial charge in [-0.3, -0.25) is 0 Å². The van der Waals surface area contributed by atoms with Crippen molar-refractivity contribution in [3.8, 4) is 0 Å². The first-order valence-electron chi connectivity index (χ1n) is 3.17. The standard InChI is InChI=1S/C7H9ClO3S/c1-5(4-12)7(10)11-3-6(9)2-8/h4,6,9H,1-3H2. The summed E-state index contributed by atoms with van der Waals surface area (Å²) in [5.74, 6) is -0.605. The van der Waals surface area contributed by atoms with E-state index >= 15 is 0 Å². The lowest BCUT2D eigenvalue weighted by molar-refractivity contribution is -0.140. The summed E-state index contributed by atoms with van der Waals surface area (Å²) in [5.41, 5.74) is 0.0896. The van der Waals surface area contributed by atoms with Crippen molar-refractivity contribution in [3.63, 3.8) is 0 Å². The lowest BCUT2D eigenvalue weighted by atomic mass is 10.3. The molecule has 0 aliphatic heterocycles. The van der Waals surface area contributed by atoms with E-state index in [4.69, 9.17) is 16.7 Å². The molecule has 0 aromatic rings. The number of carbonyl (C=O) groups excluding carboxylic acids is 1. The number of aliphatic hydroxyl groups is 1. The summed E-state index contributed by atoms with van der Waals surface area (Å²) in [5, 5.41) is 10.0. The molecular formula is C7H9ClO3S. The van der Waals surface area contributed by atoms with Gasteiger partial charge < -0.3 is 9.84 Å². The number of esters is 1. The Balaban J connectivity index is 3.71. The van der Waals surface area contributed by atoms with Gasteiger partial charge in [0.1, 0.15) is 12.7 Å². The van der Waals surface area contributed by atoms with E-state index in [1.165, 1.54) is 0 Å². The zero-order chi connectivity index (χ0) is 9.56. The molecule has 12 heavy (non-hydrogen) atoms. The molecule has 0 aromatic carbocycles. The molecule has 1 N–H and O–H groups in total. The van der Waals surface area contributed by atoms with Crippen LogP contribution in [0.2, 0.25) is 0 Å². The van der Waals surface area contributed by atoms with Crippen LogP contribution in [-0.2, 0) is 9.53 Å². The van der Waals surface area contributed by atoms with Gasteiger partial charge in [0.2, 0.25) is 0 Å². The molecule has 0 fully saturated rings. The van der Waals surface area contributed by atoms with Crippen LogP contribution in [0, 0.1) is 0 Å². The highest BCUT2D eigenvalue weighted by atomic mass is 35.5. The van der Waals surface area contributed by atoms with Crippen LogP contribution in [0.4, 0.5) is 0 Å². The van der Waals surface area contributed by atoms with Gasteiger partial charge in [0, 0.05) is 5.37 Å². The third-order valence-corrected chi connectivity index (χ3v) is 1.63. The molecule has 1 atom stereocenters. The lowest BCUT2D eigenvalue weighted by Gasteiger charge is -2.07. The number of rotatable bonds is 5. The molecule has 1 unspecified atom stereocenters. The highest BCUT2D eigenvalue weighted by Gasteiger charge is 2.08. The quantitative estimate of drug-likeness (QED) is 0.313. The molecular weight excluding hydrogens is 200 g/mol. The SMILES string of the molecule is C=C(C=S)C(=O)OCC(O)CCl. The molecule has 0 aliphatic rings. The Morgan fingerprint density at radius 3 is 2.83 bits per heavy atom. The van der Waals surface area contributed by atoms with Crippen LogP contribution < -0.4 is 0 Å². The Hall–Kier alpha value is -0.450. The van der Waals surface area contributed by atoms with Crippen molar-refractivity contribution in [2.24, 2.45) is 0 Å². The van der Waals surface area contributed by atoms with Gasteiger partial charge in [-0.05, 0) is 0 Å². The average Bonchev–Trinajstić information content (AvgIpc) is 2.11. The van der Waals surface area contributed by atoms with Crippen LogP contribution in [-0.4, -0.2) is 35.0 Å². The largest absolute Gasteiger partial charge is 0.459 e. The molecule has 0 saturated heterocycles. The molecule has 0 saturated carbocycles. The summed E-state index contributed by atoms with van der Waals surface area (Å²) in [6.07, 6.45) is -0.839. The van der Waals surface area contributed by atoms with Gasteiger partial charge in [-0.25, -0.2) is 4.79 Å². The molecule has 0 heterocycles. The first kappa shape index (κ1) is 11.6. The van der Waals surface area contributed by atoms with Crippen molar-refractivity contribution in [2.75, 3.05) is 12.5 Å². The molecule has 5 heteroatoms. The molecule has 0 bridgehead atoms. The molecule has 3 nitrogen and oxygen atoms in total. The van der Waals surface area contributed by atoms with Gasteiger partial charge >= 0.3 is 5.97 Å². The van der Waals surface area contributed by atoms with E-state index in [-0.39, 0.29) is 18.1 Å². The Morgan fingerprint density at radius 1 is 1.83 bits per heavy atom. The fourth-order valence-corrected chi connectivity index (χ4v) is 0.543. The van der Waals surface area contributed by atoms with Crippen molar-refractivity contribution in [2.45, 2.75) is 6.10 Å². The fourth-order valence-electron chi connectivity index (χ4n) is 0.357. The maximum atomic E-state index is 10.8. The zero-order valence-corrected chi connectivity index (χ0v) is 7.90. The van der Waals surface area contributed by atoms with Crippen molar-refractivity contribution >= 4 is 35.2 Å². The summed E-state index contributed by atoms with van der Waals surface area (Å²) in [7, 11) is 0. The molecule has 68 valence electrons. The Kier molecular flexibility index (Phi) is 5.88. The summed E-state index contributed by atoms with van der Waals surface area (Å²) in [6.45, 7) is 3.19. The number of alkyl halides is 1. The molecule has 0 radical (unpaired) electrons. The van der Waals surface area contributed by atoms with E-state index < -0.39 is 12.1 Å². The van der Waals surface area contributed by atoms with Crippen LogP contribution in [0.5, 0.6) is 0 Å². The monoisotopic (exact) mass is 208 g/mol. The van der Waals surface area contributed by atoms with Gasteiger partial charge in [-0.2, -0.15) is 0 Å². The predicted molar refractivity (Wildman–Crippen MR) is 50.5 cm³/mol. The van der Waals surface area contributed by atoms with Crippen LogP contribution in [0.15, 0.2) is 12.2 Å². The second kappa shape index (κ2) is 6.11. The Bertz CT molecular complexity index is 193. The number of aliphatic hydroxyl groups excluding tert-OH is 1. The topological polar surface area (TPSA) is 46.5 Å². The molecule has 0 aliphatic carbocycles. The Labute approximate surface area is 81.0 Å². The smallest absolute Gasteiger partial charge is 0.338 e. The number of halogens is 1. The van der Waals surface area contributed by atoms with Crippen molar-refractivity contribution in [3.05, 3.63) is 12.2 Å². The minimum atomic E-state index is -0.839. The minimum absolute atomic E-state index is 0.0251. The molecule has 0 spiro atoms. The first-order chi connectivity index (χ1) is 5.61. The third kappa shape index (κ3) is 4.43. The maximum Gasteiger partial charge on any atom is 0.338 e. The van der Waals surface area contributed by atoms with E-state index in [1.54, 1.807) is 0 Å². The summed E-state index contributed by atoms with van der Waals surface area (Å²) in [6, 6.07) is 0. The van der Waals surface area contributed by atoms with Gasteiger partial charge in [0.25, 0.3) is 0 Å². The van der Waals surface area contributed by atoms with Crippen molar-refractivity contribution in [1.82, 2.24) is 0 Å². The number of carbonyl (C=O) groups is 1. The van der Waals surface area contributed by atoms with Gasteiger partial charge in [0.05, 0.1) is 11.5 Å². The van der Waals surface area contributed by atoms with E-state index in [9.17, 15) is 4.79 Å². The van der Waals surface area contributed by atoms with E-state index in [1.807, 2.05) is 0 Å².